The second kappa shape index (κ2) is 8.63. The lowest BCUT2D eigenvalue weighted by Gasteiger charge is -2.11. The van der Waals surface area contributed by atoms with Crippen LogP contribution in [0.4, 0.5) is 0 Å². The van der Waals surface area contributed by atoms with Crippen molar-refractivity contribution in [2.75, 3.05) is 7.11 Å². The van der Waals surface area contributed by atoms with Crippen LogP contribution in [0.25, 0.3) is 10.8 Å². The molecule has 0 atom stereocenters. The third-order valence-electron chi connectivity index (χ3n) is 4.36. The topological polar surface area (TPSA) is 84.5 Å². The third kappa shape index (κ3) is 5.13. The molecule has 0 bridgehead atoms. The molecule has 3 aromatic rings. The number of methoxy groups -OCH3 is 1. The Morgan fingerprint density at radius 3 is 2.45 bits per heavy atom. The molecular formula is C22H24N2O4S. The van der Waals surface area contributed by atoms with E-state index >= 15 is 0 Å². The molecule has 29 heavy (non-hydrogen) atoms. The molecule has 0 fully saturated rings. The molecule has 0 aromatic heterocycles. The Labute approximate surface area is 170 Å². The standard InChI is InChI=1S/C22H24N2O4S/c1-15(2)24-29(26,27)21-6-4-5-19(13-21)22(25)23-14-16-7-8-18-12-20(28-3)10-9-17(18)11-16/h4-13,15,24H,14H2,1-3H3,(H,23,25). The summed E-state index contributed by atoms with van der Waals surface area (Å²) in [7, 11) is -2.02. The molecule has 152 valence electrons. The number of benzene rings is 3. The zero-order valence-electron chi connectivity index (χ0n) is 16.6. The summed E-state index contributed by atoms with van der Waals surface area (Å²) in [5.41, 5.74) is 1.24. The number of rotatable bonds is 7. The SMILES string of the molecule is COc1ccc2cc(CNC(=O)c3cccc(S(=O)(=O)NC(C)C)c3)ccc2c1. The lowest BCUT2D eigenvalue weighted by atomic mass is 10.1. The molecule has 0 unspecified atom stereocenters. The summed E-state index contributed by atoms with van der Waals surface area (Å²) in [5, 5.41) is 4.94. The minimum absolute atomic E-state index is 0.0681. The van der Waals surface area contributed by atoms with E-state index in [1.807, 2.05) is 36.4 Å². The number of ether oxygens (including phenoxy) is 1. The van der Waals surface area contributed by atoms with Gasteiger partial charge < -0.3 is 10.1 Å². The van der Waals surface area contributed by atoms with Gasteiger partial charge in [0.1, 0.15) is 5.75 Å². The Balaban J connectivity index is 1.72. The number of hydrogen-bond acceptors (Lipinski definition) is 4. The number of sulfonamides is 1. The van der Waals surface area contributed by atoms with Gasteiger partial charge in [-0.25, -0.2) is 13.1 Å². The van der Waals surface area contributed by atoms with Gasteiger partial charge in [-0.15, -0.1) is 0 Å². The minimum atomic E-state index is -3.65. The monoisotopic (exact) mass is 412 g/mol. The molecule has 0 spiro atoms. The molecule has 0 aliphatic rings. The maximum Gasteiger partial charge on any atom is 0.251 e. The molecule has 7 heteroatoms. The number of hydrogen-bond donors (Lipinski definition) is 2. The van der Waals surface area contributed by atoms with Crippen LogP contribution >= 0.6 is 0 Å². The van der Waals surface area contributed by atoms with Crippen LogP contribution in [0.2, 0.25) is 0 Å². The molecule has 3 aromatic carbocycles. The summed E-state index contributed by atoms with van der Waals surface area (Å²) >= 11 is 0. The normalized spacial score (nSPS) is 11.6. The van der Waals surface area contributed by atoms with Gasteiger partial charge in [0.05, 0.1) is 12.0 Å². The second-order valence-electron chi connectivity index (χ2n) is 7.03. The van der Waals surface area contributed by atoms with E-state index in [1.165, 1.54) is 12.1 Å². The number of fused-ring (bicyclic) bond motifs is 1. The van der Waals surface area contributed by atoms with E-state index in [4.69, 9.17) is 4.74 Å². The van der Waals surface area contributed by atoms with Gasteiger partial charge in [0.25, 0.3) is 5.91 Å². The molecule has 1 amide bonds. The average molecular weight is 413 g/mol. The van der Waals surface area contributed by atoms with E-state index in [9.17, 15) is 13.2 Å². The highest BCUT2D eigenvalue weighted by molar-refractivity contribution is 7.89. The van der Waals surface area contributed by atoms with Crippen molar-refractivity contribution in [2.45, 2.75) is 31.3 Å². The van der Waals surface area contributed by atoms with Gasteiger partial charge >= 0.3 is 0 Å². The predicted molar refractivity (Wildman–Crippen MR) is 114 cm³/mol. The van der Waals surface area contributed by atoms with E-state index in [1.54, 1.807) is 33.1 Å². The van der Waals surface area contributed by atoms with Crippen LogP contribution in [0.5, 0.6) is 5.75 Å². The van der Waals surface area contributed by atoms with Gasteiger partial charge in [0.15, 0.2) is 0 Å². The summed E-state index contributed by atoms with van der Waals surface area (Å²) in [4.78, 5) is 12.6. The minimum Gasteiger partial charge on any atom is -0.497 e. The fourth-order valence-electron chi connectivity index (χ4n) is 2.98. The molecule has 0 saturated heterocycles. The highest BCUT2D eigenvalue weighted by Crippen LogP contribution is 2.22. The van der Waals surface area contributed by atoms with Crippen LogP contribution in [0.3, 0.4) is 0 Å². The molecule has 0 radical (unpaired) electrons. The third-order valence-corrected chi connectivity index (χ3v) is 6.02. The first kappa shape index (κ1) is 20.8. The van der Waals surface area contributed by atoms with Gasteiger partial charge in [0.2, 0.25) is 10.0 Å². The van der Waals surface area contributed by atoms with Crippen LogP contribution in [-0.2, 0) is 16.6 Å². The van der Waals surface area contributed by atoms with E-state index in [0.29, 0.717) is 12.1 Å². The number of amides is 1. The van der Waals surface area contributed by atoms with Crippen molar-refractivity contribution in [2.24, 2.45) is 0 Å². The summed E-state index contributed by atoms with van der Waals surface area (Å²) < 4.78 is 32.4. The largest absolute Gasteiger partial charge is 0.497 e. The van der Waals surface area contributed by atoms with Gasteiger partial charge in [0, 0.05) is 18.2 Å². The molecule has 6 nitrogen and oxygen atoms in total. The van der Waals surface area contributed by atoms with E-state index in [2.05, 4.69) is 10.0 Å². The summed E-state index contributed by atoms with van der Waals surface area (Å²) in [6.45, 7) is 3.82. The van der Waals surface area contributed by atoms with Crippen LogP contribution in [0.15, 0.2) is 65.6 Å². The lowest BCUT2D eigenvalue weighted by molar-refractivity contribution is 0.0950. The van der Waals surface area contributed by atoms with Crippen molar-refractivity contribution in [1.82, 2.24) is 10.0 Å². The molecule has 0 aliphatic heterocycles. The predicted octanol–water partition coefficient (Wildman–Crippen LogP) is 3.47. The fraction of sp³-hybridized carbons (Fsp3) is 0.227. The Bertz CT molecular complexity index is 1140. The molecule has 2 N–H and O–H groups in total. The van der Waals surface area contributed by atoms with Crippen molar-refractivity contribution in [3.63, 3.8) is 0 Å². The van der Waals surface area contributed by atoms with Crippen LogP contribution in [-0.4, -0.2) is 27.5 Å². The van der Waals surface area contributed by atoms with Crippen LogP contribution in [0.1, 0.15) is 29.8 Å². The highest BCUT2D eigenvalue weighted by Gasteiger charge is 2.17. The smallest absolute Gasteiger partial charge is 0.251 e. The van der Waals surface area contributed by atoms with Crippen LogP contribution < -0.4 is 14.8 Å². The fourth-order valence-corrected chi connectivity index (χ4v) is 4.27. The number of nitrogens with one attached hydrogen (secondary N) is 2. The summed E-state index contributed by atoms with van der Waals surface area (Å²) in [6, 6.07) is 17.5. The van der Waals surface area contributed by atoms with Gasteiger partial charge in [-0.3, -0.25) is 4.79 Å². The molecule has 0 saturated carbocycles. The van der Waals surface area contributed by atoms with Gasteiger partial charge in [-0.05, 0) is 66.6 Å². The van der Waals surface area contributed by atoms with Gasteiger partial charge in [-0.1, -0.05) is 24.3 Å². The Morgan fingerprint density at radius 1 is 1.00 bits per heavy atom. The molecule has 3 rings (SSSR count). The summed E-state index contributed by atoms with van der Waals surface area (Å²) in [6.07, 6.45) is 0. The zero-order valence-corrected chi connectivity index (χ0v) is 17.4. The Hall–Kier alpha value is -2.90. The highest BCUT2D eigenvalue weighted by atomic mass is 32.2. The van der Waals surface area contributed by atoms with Crippen molar-refractivity contribution in [1.29, 1.82) is 0 Å². The van der Waals surface area contributed by atoms with E-state index in [0.717, 1.165) is 22.1 Å². The van der Waals surface area contributed by atoms with Gasteiger partial charge in [-0.2, -0.15) is 0 Å². The van der Waals surface area contributed by atoms with E-state index in [-0.39, 0.29) is 16.8 Å². The number of carbonyl (C=O) groups excluding carboxylic acids is 1. The first-order valence-corrected chi connectivity index (χ1v) is 10.7. The van der Waals surface area contributed by atoms with Crippen molar-refractivity contribution in [3.05, 3.63) is 71.8 Å². The average Bonchev–Trinajstić information content (AvgIpc) is 2.70. The second-order valence-corrected chi connectivity index (χ2v) is 8.75. The Kier molecular flexibility index (Phi) is 6.20. The van der Waals surface area contributed by atoms with Crippen molar-refractivity contribution in [3.8, 4) is 5.75 Å². The lowest BCUT2D eigenvalue weighted by Crippen LogP contribution is -2.30. The molecule has 0 aliphatic carbocycles. The first-order chi connectivity index (χ1) is 13.8. The van der Waals surface area contributed by atoms with Crippen LogP contribution in [0, 0.1) is 0 Å². The number of carbonyl (C=O) groups is 1. The Morgan fingerprint density at radius 2 is 1.72 bits per heavy atom. The van der Waals surface area contributed by atoms with E-state index < -0.39 is 10.0 Å². The van der Waals surface area contributed by atoms with Crippen molar-refractivity contribution < 1.29 is 17.9 Å². The van der Waals surface area contributed by atoms with Crippen molar-refractivity contribution >= 4 is 26.7 Å². The maximum atomic E-state index is 12.5. The molecule has 0 heterocycles. The summed E-state index contributed by atoms with van der Waals surface area (Å²) in [5.74, 6) is 0.460. The quantitative estimate of drug-likeness (QED) is 0.622. The molecular weight excluding hydrogens is 388 g/mol. The first-order valence-electron chi connectivity index (χ1n) is 9.26. The maximum absolute atomic E-state index is 12.5. The zero-order chi connectivity index (χ0) is 21.0.